The van der Waals surface area contributed by atoms with Crippen LogP contribution in [0.25, 0.3) is 0 Å². The van der Waals surface area contributed by atoms with Gasteiger partial charge in [0.2, 0.25) is 0 Å². The number of ether oxygens (including phenoxy) is 2. The van der Waals surface area contributed by atoms with Crippen LogP contribution in [-0.4, -0.2) is 25.8 Å². The molecule has 3 heteroatoms. The predicted molar refractivity (Wildman–Crippen MR) is 49.1 cm³/mol. The average Bonchev–Trinajstić information content (AvgIpc) is 2.05. The molecule has 0 atom stereocenters. The lowest BCUT2D eigenvalue weighted by Crippen LogP contribution is -2.21. The van der Waals surface area contributed by atoms with Crippen LogP contribution >= 0.6 is 0 Å². The van der Waals surface area contributed by atoms with Gasteiger partial charge < -0.3 is 9.47 Å². The molecule has 0 amide bonds. The van der Waals surface area contributed by atoms with E-state index in [9.17, 15) is 4.79 Å². The van der Waals surface area contributed by atoms with Gasteiger partial charge in [-0.15, -0.1) is 0 Å². The van der Waals surface area contributed by atoms with Crippen molar-refractivity contribution >= 4 is 6.47 Å². The van der Waals surface area contributed by atoms with Crippen LogP contribution in [0.2, 0.25) is 0 Å². The molecule has 0 aromatic carbocycles. The zero-order valence-corrected chi connectivity index (χ0v) is 8.72. The Hall–Kier alpha value is -0.570. The molecule has 0 aromatic rings. The molecule has 0 rings (SSSR count). The maximum Gasteiger partial charge on any atom is 0.293 e. The molecule has 12 heavy (non-hydrogen) atoms. The highest BCUT2D eigenvalue weighted by Gasteiger charge is 2.13. The van der Waals surface area contributed by atoms with Crippen molar-refractivity contribution in [2.75, 3.05) is 13.7 Å². The van der Waals surface area contributed by atoms with Gasteiger partial charge >= 0.3 is 0 Å². The highest BCUT2D eigenvalue weighted by atomic mass is 16.5. The fraction of sp³-hybridized carbons (Fsp3) is 0.889. The van der Waals surface area contributed by atoms with Crippen LogP contribution < -0.4 is 0 Å². The Labute approximate surface area is 75.1 Å². The second kappa shape index (κ2) is 8.53. The van der Waals surface area contributed by atoms with E-state index < -0.39 is 0 Å². The Morgan fingerprint density at radius 1 is 1.33 bits per heavy atom. The number of rotatable bonds is 4. The number of hydrogen-bond donors (Lipinski definition) is 0. The minimum absolute atomic E-state index is 0.276. The molecule has 0 unspecified atom stereocenters. The summed E-state index contributed by atoms with van der Waals surface area (Å²) in [6.07, 6.45) is 0.853. The fourth-order valence-electron chi connectivity index (χ4n) is 0.214. The summed E-state index contributed by atoms with van der Waals surface area (Å²) in [5, 5.41) is 0. The highest BCUT2D eigenvalue weighted by molar-refractivity contribution is 5.38. The molecule has 0 radical (unpaired) electrons. The summed E-state index contributed by atoms with van der Waals surface area (Å²) in [4.78, 5) is 9.76. The second-order valence-corrected chi connectivity index (χ2v) is 2.90. The maximum absolute atomic E-state index is 9.76. The van der Waals surface area contributed by atoms with Crippen LogP contribution in [0.1, 0.15) is 34.1 Å². The van der Waals surface area contributed by atoms with Crippen molar-refractivity contribution in [3.05, 3.63) is 0 Å². The smallest absolute Gasteiger partial charge is 0.293 e. The molecule has 0 aromatic heterocycles. The van der Waals surface area contributed by atoms with Gasteiger partial charge in [0.05, 0.1) is 0 Å². The molecular formula is C9H20O3. The average molecular weight is 176 g/mol. The van der Waals surface area contributed by atoms with Crippen LogP contribution in [0.4, 0.5) is 0 Å². The maximum atomic E-state index is 9.76. The van der Waals surface area contributed by atoms with Gasteiger partial charge in [-0.05, 0) is 27.2 Å². The van der Waals surface area contributed by atoms with E-state index >= 15 is 0 Å². The van der Waals surface area contributed by atoms with E-state index in [1.54, 1.807) is 7.11 Å². The monoisotopic (exact) mass is 176 g/mol. The van der Waals surface area contributed by atoms with Gasteiger partial charge in [-0.3, -0.25) is 4.79 Å². The van der Waals surface area contributed by atoms with Gasteiger partial charge in [-0.2, -0.15) is 0 Å². The molecule has 0 aliphatic heterocycles. The van der Waals surface area contributed by atoms with Crippen molar-refractivity contribution in [1.29, 1.82) is 0 Å². The molecule has 74 valence electrons. The van der Waals surface area contributed by atoms with Crippen molar-refractivity contribution in [3.63, 3.8) is 0 Å². The SMILES string of the molecule is CCC(C)(C)OC=O.CCOC. The van der Waals surface area contributed by atoms with Crippen LogP contribution in [0.15, 0.2) is 0 Å². The van der Waals surface area contributed by atoms with E-state index in [1.165, 1.54) is 0 Å². The Kier molecular flexibility index (Phi) is 9.93. The summed E-state index contributed by atoms with van der Waals surface area (Å²) >= 11 is 0. The third kappa shape index (κ3) is 12.1. The van der Waals surface area contributed by atoms with Gasteiger partial charge in [-0.25, -0.2) is 0 Å². The summed E-state index contributed by atoms with van der Waals surface area (Å²) in [5.74, 6) is 0. The molecule has 0 spiro atoms. The number of methoxy groups -OCH3 is 1. The first-order chi connectivity index (χ1) is 5.54. The second-order valence-electron chi connectivity index (χ2n) is 2.90. The van der Waals surface area contributed by atoms with Gasteiger partial charge in [0.25, 0.3) is 6.47 Å². The molecule has 0 aliphatic rings. The minimum Gasteiger partial charge on any atom is -0.462 e. The standard InChI is InChI=1S/C6H12O2.C3H8O/c1-4-6(2,3)8-5-7;1-3-4-2/h5H,4H2,1-3H3;3H2,1-2H3. The first-order valence-electron chi connectivity index (χ1n) is 4.14. The van der Waals surface area contributed by atoms with Crippen molar-refractivity contribution in [2.24, 2.45) is 0 Å². The number of hydrogen-bond acceptors (Lipinski definition) is 3. The lowest BCUT2D eigenvalue weighted by Gasteiger charge is -2.19. The van der Waals surface area contributed by atoms with Crippen LogP contribution in [-0.2, 0) is 14.3 Å². The fourth-order valence-corrected chi connectivity index (χ4v) is 0.214. The van der Waals surface area contributed by atoms with E-state index in [0.29, 0.717) is 6.47 Å². The molecule has 0 saturated heterocycles. The quantitative estimate of drug-likeness (QED) is 0.614. The van der Waals surface area contributed by atoms with Gasteiger partial charge in [0, 0.05) is 13.7 Å². The molecule has 0 N–H and O–H groups in total. The van der Waals surface area contributed by atoms with E-state index in [1.807, 2.05) is 27.7 Å². The summed E-state index contributed by atoms with van der Waals surface area (Å²) < 4.78 is 9.24. The zero-order chi connectivity index (χ0) is 10.0. The van der Waals surface area contributed by atoms with Gasteiger partial charge in [0.15, 0.2) is 0 Å². The molecule has 0 heterocycles. The van der Waals surface area contributed by atoms with Crippen molar-refractivity contribution in [1.82, 2.24) is 0 Å². The van der Waals surface area contributed by atoms with Crippen LogP contribution in [0, 0.1) is 0 Å². The summed E-state index contributed by atoms with van der Waals surface area (Å²) in [6, 6.07) is 0. The third-order valence-electron chi connectivity index (χ3n) is 1.51. The van der Waals surface area contributed by atoms with Crippen LogP contribution in [0.3, 0.4) is 0 Å². The lowest BCUT2D eigenvalue weighted by atomic mass is 10.1. The largest absolute Gasteiger partial charge is 0.462 e. The first-order valence-corrected chi connectivity index (χ1v) is 4.14. The van der Waals surface area contributed by atoms with E-state index in [4.69, 9.17) is 4.74 Å². The molecule has 3 nitrogen and oxygen atoms in total. The normalized spacial score (nSPS) is 9.75. The minimum atomic E-state index is -0.276. The lowest BCUT2D eigenvalue weighted by molar-refractivity contribution is -0.140. The van der Waals surface area contributed by atoms with E-state index in [0.717, 1.165) is 13.0 Å². The molecule has 0 fully saturated rings. The summed E-state index contributed by atoms with van der Waals surface area (Å²) in [5.41, 5.74) is -0.276. The van der Waals surface area contributed by atoms with Crippen molar-refractivity contribution < 1.29 is 14.3 Å². The Bertz CT molecular complexity index is 97.9. The van der Waals surface area contributed by atoms with Gasteiger partial charge in [0.1, 0.15) is 5.60 Å². The van der Waals surface area contributed by atoms with Crippen LogP contribution in [0.5, 0.6) is 0 Å². The van der Waals surface area contributed by atoms with Crippen molar-refractivity contribution in [2.45, 2.75) is 39.7 Å². The zero-order valence-electron chi connectivity index (χ0n) is 8.72. The first kappa shape index (κ1) is 14.0. The summed E-state index contributed by atoms with van der Waals surface area (Å²) in [7, 11) is 1.68. The van der Waals surface area contributed by atoms with Gasteiger partial charge in [-0.1, -0.05) is 6.92 Å². The van der Waals surface area contributed by atoms with E-state index in [2.05, 4.69) is 4.74 Å². The number of carbonyl (C=O) groups excluding carboxylic acids is 1. The molecule has 0 saturated carbocycles. The Balaban J connectivity index is 0. The predicted octanol–water partition coefficient (Wildman–Crippen LogP) is 2.00. The molecule has 0 bridgehead atoms. The van der Waals surface area contributed by atoms with E-state index in [-0.39, 0.29) is 5.60 Å². The summed E-state index contributed by atoms with van der Waals surface area (Å²) in [6.45, 7) is 9.00. The Morgan fingerprint density at radius 3 is 1.83 bits per heavy atom. The van der Waals surface area contributed by atoms with Crippen molar-refractivity contribution in [3.8, 4) is 0 Å². The highest BCUT2D eigenvalue weighted by Crippen LogP contribution is 2.10. The molecule has 0 aliphatic carbocycles. The molecular weight excluding hydrogens is 156 g/mol. The Morgan fingerprint density at radius 2 is 1.75 bits per heavy atom. The third-order valence-corrected chi connectivity index (χ3v) is 1.51. The number of carbonyl (C=O) groups is 1. The topological polar surface area (TPSA) is 35.5 Å².